The molecule has 0 aliphatic heterocycles. The number of hydrogen-bond donors (Lipinski definition) is 1. The topological polar surface area (TPSA) is 88.1 Å². The summed E-state index contributed by atoms with van der Waals surface area (Å²) in [6.45, 7) is 6.37. The first-order valence-electron chi connectivity index (χ1n) is 9.18. The van der Waals surface area contributed by atoms with Crippen LogP contribution in [-0.2, 0) is 6.42 Å². The molecular weight excluding hydrogens is 342 g/mol. The largest absolute Gasteiger partial charge is 0.493 e. The molecule has 0 saturated carbocycles. The van der Waals surface area contributed by atoms with Crippen LogP contribution in [0.2, 0.25) is 0 Å². The monoisotopic (exact) mass is 369 g/mol. The normalized spacial score (nSPS) is 12.3. The second-order valence-electron chi connectivity index (χ2n) is 6.79. The van der Waals surface area contributed by atoms with Gasteiger partial charge >= 0.3 is 0 Å². The number of hydrogen-bond acceptors (Lipinski definition) is 6. The smallest absolute Gasteiger partial charge is 0.165 e. The van der Waals surface area contributed by atoms with Crippen LogP contribution in [0.3, 0.4) is 0 Å². The highest BCUT2D eigenvalue weighted by molar-refractivity contribution is 5.82. The Morgan fingerprint density at radius 1 is 1.19 bits per heavy atom. The lowest BCUT2D eigenvalue weighted by Crippen LogP contribution is -2.11. The van der Waals surface area contributed by atoms with Crippen LogP contribution < -0.4 is 15.2 Å². The van der Waals surface area contributed by atoms with Crippen molar-refractivity contribution in [2.24, 2.45) is 0 Å². The number of nitrogens with two attached hydrogens (primary N) is 1. The maximum absolute atomic E-state index is 6.05. The number of aryl methyl sites for hydroxylation is 1. The van der Waals surface area contributed by atoms with Crippen LogP contribution in [0.25, 0.3) is 11.2 Å². The molecule has 0 radical (unpaired) electrons. The van der Waals surface area contributed by atoms with Crippen LogP contribution in [-0.4, -0.2) is 33.7 Å². The number of imidazole rings is 1. The van der Waals surface area contributed by atoms with Gasteiger partial charge in [0.2, 0.25) is 0 Å². The van der Waals surface area contributed by atoms with E-state index in [0.29, 0.717) is 17.8 Å². The van der Waals surface area contributed by atoms with Crippen LogP contribution in [0.4, 0.5) is 5.82 Å². The van der Waals surface area contributed by atoms with Crippen LogP contribution in [0.1, 0.15) is 49.7 Å². The highest BCUT2D eigenvalue weighted by Gasteiger charge is 2.20. The van der Waals surface area contributed by atoms with Gasteiger partial charge in [-0.05, 0) is 37.5 Å². The van der Waals surface area contributed by atoms with Gasteiger partial charge in [-0.2, -0.15) is 0 Å². The van der Waals surface area contributed by atoms with Crippen LogP contribution in [0.5, 0.6) is 11.5 Å². The zero-order valence-electron chi connectivity index (χ0n) is 16.6. The molecule has 0 fully saturated rings. The molecule has 0 unspecified atom stereocenters. The number of rotatable bonds is 7. The number of fused-ring (bicyclic) bond motifs is 1. The molecule has 0 aliphatic carbocycles. The molecule has 0 amide bonds. The van der Waals surface area contributed by atoms with Gasteiger partial charge in [0.15, 0.2) is 28.5 Å². The summed E-state index contributed by atoms with van der Waals surface area (Å²) in [6.07, 6.45) is 4.26. The summed E-state index contributed by atoms with van der Waals surface area (Å²) in [7, 11) is 3.30. The minimum absolute atomic E-state index is 0.269. The second kappa shape index (κ2) is 7.82. The molecule has 144 valence electrons. The van der Waals surface area contributed by atoms with Gasteiger partial charge in [0, 0.05) is 12.5 Å². The Kier molecular flexibility index (Phi) is 5.48. The molecule has 1 aromatic carbocycles. The van der Waals surface area contributed by atoms with Crippen molar-refractivity contribution in [1.29, 1.82) is 0 Å². The molecule has 2 N–H and O–H groups in total. The summed E-state index contributed by atoms with van der Waals surface area (Å²) in [4.78, 5) is 13.3. The van der Waals surface area contributed by atoms with Crippen molar-refractivity contribution in [3.63, 3.8) is 0 Å². The number of aromatic nitrogens is 4. The van der Waals surface area contributed by atoms with E-state index in [1.54, 1.807) is 14.2 Å². The summed E-state index contributed by atoms with van der Waals surface area (Å²) < 4.78 is 13.1. The van der Waals surface area contributed by atoms with Crippen molar-refractivity contribution < 1.29 is 9.47 Å². The average Bonchev–Trinajstić information content (AvgIpc) is 3.00. The predicted molar refractivity (Wildman–Crippen MR) is 106 cm³/mol. The molecule has 2 heterocycles. The highest BCUT2D eigenvalue weighted by atomic mass is 16.5. The van der Waals surface area contributed by atoms with Gasteiger partial charge in [0.1, 0.15) is 12.2 Å². The molecular formula is C20H27N5O2. The lowest BCUT2D eigenvalue weighted by molar-refractivity contribution is 0.352. The molecule has 0 spiro atoms. The van der Waals surface area contributed by atoms with E-state index in [-0.39, 0.29) is 6.04 Å². The van der Waals surface area contributed by atoms with Crippen molar-refractivity contribution in [3.05, 3.63) is 35.4 Å². The van der Waals surface area contributed by atoms with E-state index in [4.69, 9.17) is 20.2 Å². The first-order chi connectivity index (χ1) is 13.0. The molecule has 27 heavy (non-hydrogen) atoms. The molecule has 0 bridgehead atoms. The predicted octanol–water partition coefficient (Wildman–Crippen LogP) is 3.69. The van der Waals surface area contributed by atoms with Gasteiger partial charge in [0.05, 0.1) is 14.2 Å². The minimum Gasteiger partial charge on any atom is -0.493 e. The standard InChI is InChI=1S/C20H27N5O2/c1-6-7-13(3)25-16(24-17-19(21)22-11-23-20(17)25)10-14-8-12(2)18(27-5)15(9-14)26-4/h8-9,11,13H,6-7,10H2,1-5H3,(H2,21,22,23)/t13-/m0/s1. The molecule has 7 nitrogen and oxygen atoms in total. The fourth-order valence-corrected chi connectivity index (χ4v) is 3.62. The Balaban J connectivity index is 2.10. The fraction of sp³-hybridized carbons (Fsp3) is 0.450. The summed E-state index contributed by atoms with van der Waals surface area (Å²) in [5, 5.41) is 0. The third-order valence-electron chi connectivity index (χ3n) is 4.81. The Morgan fingerprint density at radius 2 is 1.96 bits per heavy atom. The van der Waals surface area contributed by atoms with Crippen LogP contribution in [0.15, 0.2) is 18.5 Å². The maximum atomic E-state index is 6.05. The Bertz CT molecular complexity index is 951. The van der Waals surface area contributed by atoms with E-state index in [0.717, 1.165) is 46.9 Å². The van der Waals surface area contributed by atoms with Crippen molar-refractivity contribution in [3.8, 4) is 11.5 Å². The number of nitrogens with zero attached hydrogens (tertiary/aromatic N) is 4. The molecule has 0 saturated heterocycles. The van der Waals surface area contributed by atoms with Crippen molar-refractivity contribution >= 4 is 17.0 Å². The van der Waals surface area contributed by atoms with E-state index >= 15 is 0 Å². The van der Waals surface area contributed by atoms with Crippen LogP contribution >= 0.6 is 0 Å². The zero-order chi connectivity index (χ0) is 19.6. The molecule has 3 aromatic rings. The van der Waals surface area contributed by atoms with Crippen molar-refractivity contribution in [1.82, 2.24) is 19.5 Å². The minimum atomic E-state index is 0.269. The van der Waals surface area contributed by atoms with Gasteiger partial charge in [-0.15, -0.1) is 0 Å². The first kappa shape index (κ1) is 18.9. The summed E-state index contributed by atoms with van der Waals surface area (Å²) >= 11 is 0. The van der Waals surface area contributed by atoms with Gasteiger partial charge in [-0.1, -0.05) is 19.4 Å². The zero-order valence-corrected chi connectivity index (χ0v) is 16.6. The molecule has 1 atom stereocenters. The maximum Gasteiger partial charge on any atom is 0.165 e. The number of anilines is 1. The SMILES string of the molecule is CCC[C@H](C)n1c(Cc2cc(C)c(OC)c(OC)c2)nc2c(N)ncnc21. The molecule has 2 aromatic heterocycles. The number of ether oxygens (including phenoxy) is 2. The van der Waals surface area contributed by atoms with Crippen LogP contribution in [0, 0.1) is 6.92 Å². The van der Waals surface area contributed by atoms with Gasteiger partial charge in [-0.25, -0.2) is 15.0 Å². The Morgan fingerprint density at radius 3 is 2.63 bits per heavy atom. The van der Waals surface area contributed by atoms with E-state index in [1.165, 1.54) is 6.33 Å². The number of benzene rings is 1. The van der Waals surface area contributed by atoms with Crippen molar-refractivity contribution in [2.75, 3.05) is 20.0 Å². The average molecular weight is 369 g/mol. The second-order valence-corrected chi connectivity index (χ2v) is 6.79. The Labute approximate surface area is 159 Å². The summed E-state index contributed by atoms with van der Waals surface area (Å²) in [6, 6.07) is 4.37. The Hall–Kier alpha value is -2.83. The third-order valence-corrected chi connectivity index (χ3v) is 4.81. The summed E-state index contributed by atoms with van der Waals surface area (Å²) in [5.74, 6) is 2.80. The fourth-order valence-electron chi connectivity index (χ4n) is 3.62. The van der Waals surface area contributed by atoms with Gasteiger partial charge in [0.25, 0.3) is 0 Å². The lowest BCUT2D eigenvalue weighted by Gasteiger charge is -2.17. The molecule has 7 heteroatoms. The lowest BCUT2D eigenvalue weighted by atomic mass is 10.1. The van der Waals surface area contributed by atoms with E-state index in [1.807, 2.05) is 13.0 Å². The molecule has 0 aliphatic rings. The molecule has 3 rings (SSSR count). The first-order valence-corrected chi connectivity index (χ1v) is 9.18. The van der Waals surface area contributed by atoms with Gasteiger partial charge in [-0.3, -0.25) is 0 Å². The number of methoxy groups -OCH3 is 2. The van der Waals surface area contributed by atoms with Crippen molar-refractivity contribution in [2.45, 2.75) is 46.1 Å². The summed E-state index contributed by atoms with van der Waals surface area (Å²) in [5.41, 5.74) is 9.62. The quantitative estimate of drug-likeness (QED) is 0.683. The van der Waals surface area contributed by atoms with E-state index < -0.39 is 0 Å². The van der Waals surface area contributed by atoms with E-state index in [2.05, 4.69) is 34.4 Å². The van der Waals surface area contributed by atoms with E-state index in [9.17, 15) is 0 Å². The van der Waals surface area contributed by atoms with Gasteiger partial charge < -0.3 is 19.8 Å². The third kappa shape index (κ3) is 3.54. The highest BCUT2D eigenvalue weighted by Crippen LogP contribution is 2.33. The number of nitrogen functional groups attached to an aromatic ring is 1.